The fourth-order valence-electron chi connectivity index (χ4n) is 5.28. The van der Waals surface area contributed by atoms with Crippen LogP contribution in [0.15, 0.2) is 34.8 Å². The fourth-order valence-corrected chi connectivity index (χ4v) is 5.75. The molecule has 1 saturated heterocycles. The molecule has 6 atom stereocenters. The van der Waals surface area contributed by atoms with Gasteiger partial charge < -0.3 is 5.32 Å². The van der Waals surface area contributed by atoms with E-state index in [2.05, 4.69) is 33.4 Å². The van der Waals surface area contributed by atoms with E-state index in [9.17, 15) is 14.4 Å². The summed E-state index contributed by atoms with van der Waals surface area (Å²) in [6.45, 7) is 1.70. The molecule has 0 spiro atoms. The van der Waals surface area contributed by atoms with Crippen molar-refractivity contribution in [1.29, 1.82) is 0 Å². The summed E-state index contributed by atoms with van der Waals surface area (Å²) in [7, 11) is 0. The van der Waals surface area contributed by atoms with Gasteiger partial charge in [-0.25, -0.2) is 0 Å². The molecule has 2 bridgehead atoms. The first-order chi connectivity index (χ1) is 12.5. The summed E-state index contributed by atoms with van der Waals surface area (Å²) in [6.07, 6.45) is 5.42. The second kappa shape index (κ2) is 5.52. The Bertz CT molecular complexity index is 844. The van der Waals surface area contributed by atoms with Crippen LogP contribution in [0.2, 0.25) is 0 Å². The van der Waals surface area contributed by atoms with E-state index in [1.165, 1.54) is 4.90 Å². The zero-order valence-electron chi connectivity index (χ0n) is 14.3. The summed E-state index contributed by atoms with van der Waals surface area (Å²) in [5.74, 6) is 0.374. The highest BCUT2D eigenvalue weighted by atomic mass is 79.9. The Morgan fingerprint density at radius 2 is 1.77 bits per heavy atom. The molecule has 0 aromatic heterocycles. The maximum Gasteiger partial charge on any atom is 0.244 e. The molecule has 1 aromatic rings. The number of hydrogen-bond acceptors (Lipinski definition) is 3. The van der Waals surface area contributed by atoms with Crippen molar-refractivity contribution >= 4 is 39.3 Å². The Labute approximate surface area is 159 Å². The standard InChI is InChI=1S/C20H19BrN2O3/c1-9-6-10(21)2-5-15(9)22-16(24)8-23-19(25)17-11-3-4-12(14-7-13(11)14)18(17)20(23)26/h2-6,11-14,17-18H,7-8H2,1H3,(H,22,24)/t11-,12-,13-,14-,17-,18+/m0/s1. The molecule has 1 aromatic carbocycles. The molecule has 3 amide bonds. The lowest BCUT2D eigenvalue weighted by molar-refractivity contribution is -0.142. The Kier molecular flexibility index (Phi) is 3.45. The smallest absolute Gasteiger partial charge is 0.244 e. The quantitative estimate of drug-likeness (QED) is 0.610. The molecule has 0 unspecified atom stereocenters. The zero-order valence-corrected chi connectivity index (χ0v) is 15.9. The third-order valence-electron chi connectivity index (χ3n) is 6.52. The van der Waals surface area contributed by atoms with Gasteiger partial charge in [0.25, 0.3) is 0 Å². The van der Waals surface area contributed by atoms with Gasteiger partial charge in [-0.05, 0) is 60.8 Å². The van der Waals surface area contributed by atoms with E-state index in [1.807, 2.05) is 25.1 Å². The van der Waals surface area contributed by atoms with Crippen molar-refractivity contribution in [2.45, 2.75) is 13.3 Å². The first-order valence-electron chi connectivity index (χ1n) is 9.05. The summed E-state index contributed by atoms with van der Waals surface area (Å²) < 4.78 is 0.934. The maximum absolute atomic E-state index is 12.9. The number of hydrogen-bond donors (Lipinski definition) is 1. The first-order valence-corrected chi connectivity index (χ1v) is 9.84. The van der Waals surface area contributed by atoms with Crippen molar-refractivity contribution in [3.63, 3.8) is 0 Å². The number of nitrogens with one attached hydrogen (secondary N) is 1. The number of rotatable bonds is 3. The van der Waals surface area contributed by atoms with Gasteiger partial charge in [-0.1, -0.05) is 28.1 Å². The Morgan fingerprint density at radius 1 is 1.15 bits per heavy atom. The summed E-state index contributed by atoms with van der Waals surface area (Å²) in [5.41, 5.74) is 1.61. The number of anilines is 1. The molecule has 2 saturated carbocycles. The minimum atomic E-state index is -0.332. The van der Waals surface area contributed by atoms with Gasteiger partial charge in [0.1, 0.15) is 6.54 Å². The van der Waals surface area contributed by atoms with Gasteiger partial charge in [0.2, 0.25) is 17.7 Å². The van der Waals surface area contributed by atoms with E-state index in [0.717, 1.165) is 16.5 Å². The van der Waals surface area contributed by atoms with Gasteiger partial charge in [0.15, 0.2) is 0 Å². The van der Waals surface area contributed by atoms with Gasteiger partial charge in [-0.15, -0.1) is 0 Å². The van der Waals surface area contributed by atoms with E-state index in [1.54, 1.807) is 0 Å². The molecule has 134 valence electrons. The molecule has 3 fully saturated rings. The number of imide groups is 1. The predicted octanol–water partition coefficient (Wildman–Crippen LogP) is 2.75. The monoisotopic (exact) mass is 414 g/mol. The van der Waals surface area contributed by atoms with E-state index in [4.69, 9.17) is 0 Å². The third kappa shape index (κ3) is 2.24. The van der Waals surface area contributed by atoms with Gasteiger partial charge in [-0.3, -0.25) is 19.3 Å². The van der Waals surface area contributed by atoms with Crippen molar-refractivity contribution in [3.8, 4) is 0 Å². The van der Waals surface area contributed by atoms with Crippen LogP contribution >= 0.6 is 15.9 Å². The SMILES string of the molecule is Cc1cc(Br)ccc1NC(=O)CN1C(=O)[C@@H]2[C@H]3C=C[C@@H]([C@@H]4C[C@@H]34)[C@@H]2C1=O. The highest BCUT2D eigenvalue weighted by Gasteiger charge is 2.67. The average Bonchev–Trinajstić information content (AvgIpc) is 3.39. The second-order valence-electron chi connectivity index (χ2n) is 7.92. The lowest BCUT2D eigenvalue weighted by Crippen LogP contribution is -2.40. The molecular weight excluding hydrogens is 396 g/mol. The number of carbonyl (C=O) groups is 3. The summed E-state index contributed by atoms with van der Waals surface area (Å²) >= 11 is 3.39. The highest BCUT2D eigenvalue weighted by molar-refractivity contribution is 9.10. The second-order valence-corrected chi connectivity index (χ2v) is 8.84. The zero-order chi connectivity index (χ0) is 18.2. The van der Waals surface area contributed by atoms with Gasteiger partial charge in [-0.2, -0.15) is 0 Å². The number of likely N-dealkylation sites (tertiary alicyclic amines) is 1. The van der Waals surface area contributed by atoms with Crippen molar-refractivity contribution in [2.24, 2.45) is 35.5 Å². The number of benzene rings is 1. The Hall–Kier alpha value is -1.95. The maximum atomic E-state index is 12.9. The number of carbonyl (C=O) groups excluding carboxylic acids is 3. The van der Waals surface area contributed by atoms with Gasteiger partial charge >= 0.3 is 0 Å². The van der Waals surface area contributed by atoms with E-state index in [-0.39, 0.29) is 47.9 Å². The molecule has 26 heavy (non-hydrogen) atoms. The van der Waals surface area contributed by atoms with Crippen LogP contribution in [0, 0.1) is 42.4 Å². The molecule has 4 aliphatic carbocycles. The summed E-state index contributed by atoms with van der Waals surface area (Å²) in [6, 6.07) is 5.56. The van der Waals surface area contributed by atoms with Crippen molar-refractivity contribution in [2.75, 3.05) is 11.9 Å². The predicted molar refractivity (Wildman–Crippen MR) is 98.9 cm³/mol. The normalized spacial score (nSPS) is 36.2. The third-order valence-corrected chi connectivity index (χ3v) is 7.01. The highest BCUT2D eigenvalue weighted by Crippen LogP contribution is 2.65. The molecule has 6 heteroatoms. The number of halogens is 1. The molecule has 6 rings (SSSR count). The number of amides is 3. The fraction of sp³-hybridized carbons (Fsp3) is 0.450. The van der Waals surface area contributed by atoms with Crippen LogP contribution in [0.25, 0.3) is 0 Å². The lowest BCUT2D eigenvalue weighted by atomic mass is 9.63. The minimum Gasteiger partial charge on any atom is -0.324 e. The summed E-state index contributed by atoms with van der Waals surface area (Å²) in [5, 5.41) is 2.82. The average molecular weight is 415 g/mol. The number of aryl methyl sites for hydroxylation is 1. The molecule has 1 N–H and O–H groups in total. The Balaban J connectivity index is 1.33. The number of allylic oxidation sites excluding steroid dienone is 2. The van der Waals surface area contributed by atoms with Crippen molar-refractivity contribution < 1.29 is 14.4 Å². The molecule has 5 nitrogen and oxygen atoms in total. The van der Waals surface area contributed by atoms with Crippen LogP contribution in [0.3, 0.4) is 0 Å². The van der Waals surface area contributed by atoms with Crippen molar-refractivity contribution in [3.05, 3.63) is 40.4 Å². The molecule has 0 radical (unpaired) electrons. The van der Waals surface area contributed by atoms with E-state index < -0.39 is 0 Å². The summed E-state index contributed by atoms with van der Waals surface area (Å²) in [4.78, 5) is 39.4. The van der Waals surface area contributed by atoms with Crippen molar-refractivity contribution in [1.82, 2.24) is 4.90 Å². The Morgan fingerprint density at radius 3 is 2.35 bits per heavy atom. The van der Waals surface area contributed by atoms with Crippen LogP contribution in [0.5, 0.6) is 0 Å². The number of nitrogens with zero attached hydrogens (tertiary/aromatic N) is 1. The topological polar surface area (TPSA) is 66.5 Å². The van der Waals surface area contributed by atoms with Crippen LogP contribution in [0.1, 0.15) is 12.0 Å². The largest absolute Gasteiger partial charge is 0.324 e. The van der Waals surface area contributed by atoms with Crippen LogP contribution in [-0.2, 0) is 14.4 Å². The van der Waals surface area contributed by atoms with Gasteiger partial charge in [0.05, 0.1) is 11.8 Å². The lowest BCUT2D eigenvalue weighted by Gasteiger charge is -2.37. The van der Waals surface area contributed by atoms with Crippen LogP contribution < -0.4 is 5.32 Å². The minimum absolute atomic E-state index is 0.160. The molecule has 5 aliphatic rings. The first kappa shape index (κ1) is 16.2. The molecular formula is C20H19BrN2O3. The van der Waals surface area contributed by atoms with E-state index in [0.29, 0.717) is 17.5 Å². The van der Waals surface area contributed by atoms with Gasteiger partial charge in [0, 0.05) is 10.2 Å². The van der Waals surface area contributed by atoms with E-state index >= 15 is 0 Å². The van der Waals surface area contributed by atoms with Crippen LogP contribution in [0.4, 0.5) is 5.69 Å². The molecule has 1 heterocycles. The van der Waals surface area contributed by atoms with Crippen LogP contribution in [-0.4, -0.2) is 29.2 Å². The molecule has 1 aliphatic heterocycles.